The number of likely N-dealkylation sites (tertiary alicyclic amines) is 2. The molecule has 0 aromatic carbocycles. The first-order valence-corrected chi connectivity index (χ1v) is 9.26. The van der Waals surface area contributed by atoms with E-state index in [1.807, 2.05) is 18.3 Å². The summed E-state index contributed by atoms with van der Waals surface area (Å²) in [6.45, 7) is 6.18. The number of ether oxygens (including phenoxy) is 1. The van der Waals surface area contributed by atoms with Crippen molar-refractivity contribution in [2.75, 3.05) is 39.4 Å². The zero-order valence-corrected chi connectivity index (χ0v) is 14.3. The molecule has 4 heterocycles. The van der Waals surface area contributed by atoms with Crippen LogP contribution in [-0.2, 0) is 16.1 Å². The van der Waals surface area contributed by atoms with Crippen molar-refractivity contribution in [1.29, 1.82) is 0 Å². The third-order valence-corrected chi connectivity index (χ3v) is 6.03. The summed E-state index contributed by atoms with van der Waals surface area (Å²) < 4.78 is 5.61. The molecule has 3 fully saturated rings. The summed E-state index contributed by atoms with van der Waals surface area (Å²) in [5, 5.41) is 0. The van der Waals surface area contributed by atoms with Crippen molar-refractivity contribution >= 4 is 5.91 Å². The van der Waals surface area contributed by atoms with E-state index < -0.39 is 0 Å². The Bertz CT molecular complexity index is 565. The predicted octanol–water partition coefficient (Wildman–Crippen LogP) is 1.93. The number of aromatic nitrogens is 1. The van der Waals surface area contributed by atoms with E-state index in [2.05, 4.69) is 20.9 Å². The van der Waals surface area contributed by atoms with Gasteiger partial charge in [-0.25, -0.2) is 0 Å². The van der Waals surface area contributed by atoms with Crippen molar-refractivity contribution in [2.45, 2.75) is 32.2 Å². The number of pyridine rings is 1. The average Bonchev–Trinajstić information content (AvgIpc) is 3.25. The maximum Gasteiger partial charge on any atom is 0.227 e. The number of carbonyl (C=O) groups excluding carboxylic acids is 1. The van der Waals surface area contributed by atoms with Crippen LogP contribution in [0.4, 0.5) is 0 Å². The van der Waals surface area contributed by atoms with Crippen molar-refractivity contribution in [2.24, 2.45) is 11.3 Å². The molecule has 0 N–H and O–H groups in total. The Morgan fingerprint density at radius 3 is 2.75 bits per heavy atom. The zero-order valence-electron chi connectivity index (χ0n) is 14.3. The summed E-state index contributed by atoms with van der Waals surface area (Å²) in [5.74, 6) is 0.515. The van der Waals surface area contributed by atoms with Crippen molar-refractivity contribution < 1.29 is 9.53 Å². The van der Waals surface area contributed by atoms with Gasteiger partial charge < -0.3 is 9.64 Å². The van der Waals surface area contributed by atoms with Gasteiger partial charge in [-0.2, -0.15) is 0 Å². The van der Waals surface area contributed by atoms with E-state index in [0.717, 1.165) is 77.3 Å². The molecule has 1 spiro atoms. The van der Waals surface area contributed by atoms with E-state index in [1.165, 1.54) is 0 Å². The lowest BCUT2D eigenvalue weighted by Crippen LogP contribution is -2.45. The van der Waals surface area contributed by atoms with Crippen molar-refractivity contribution in [1.82, 2.24) is 14.8 Å². The molecule has 3 aliphatic rings. The number of hydrogen-bond acceptors (Lipinski definition) is 4. The molecule has 24 heavy (non-hydrogen) atoms. The fraction of sp³-hybridized carbons (Fsp3) is 0.684. The maximum atomic E-state index is 13.2. The van der Waals surface area contributed by atoms with Crippen LogP contribution >= 0.6 is 0 Å². The van der Waals surface area contributed by atoms with Crippen LogP contribution in [0.3, 0.4) is 0 Å². The second-order valence-electron chi connectivity index (χ2n) is 7.55. The number of nitrogens with zero attached hydrogens (tertiary/aromatic N) is 3. The zero-order chi connectivity index (χ0) is 16.4. The van der Waals surface area contributed by atoms with E-state index in [-0.39, 0.29) is 11.3 Å². The molecule has 0 aliphatic carbocycles. The van der Waals surface area contributed by atoms with Crippen LogP contribution in [0.25, 0.3) is 0 Å². The molecule has 0 unspecified atom stereocenters. The average molecular weight is 329 g/mol. The SMILES string of the molecule is O=C([C@H]1CN(Cc2ccccn2)CC12CCOCC2)N1CCCC1. The minimum Gasteiger partial charge on any atom is -0.381 e. The predicted molar refractivity (Wildman–Crippen MR) is 91.3 cm³/mol. The summed E-state index contributed by atoms with van der Waals surface area (Å²) in [4.78, 5) is 22.2. The molecule has 0 bridgehead atoms. The third kappa shape index (κ3) is 3.07. The van der Waals surface area contributed by atoms with Gasteiger partial charge in [-0.3, -0.25) is 14.7 Å². The third-order valence-electron chi connectivity index (χ3n) is 6.03. The van der Waals surface area contributed by atoms with Gasteiger partial charge in [0, 0.05) is 57.5 Å². The van der Waals surface area contributed by atoms with Crippen LogP contribution in [0.2, 0.25) is 0 Å². The lowest BCUT2D eigenvalue weighted by atomic mass is 9.71. The normalized spacial score (nSPS) is 27.0. The minimum atomic E-state index is 0.104. The highest BCUT2D eigenvalue weighted by Crippen LogP contribution is 2.45. The topological polar surface area (TPSA) is 45.7 Å². The second kappa shape index (κ2) is 6.81. The van der Waals surface area contributed by atoms with Crippen LogP contribution < -0.4 is 0 Å². The first-order valence-electron chi connectivity index (χ1n) is 9.26. The molecule has 0 saturated carbocycles. The number of rotatable bonds is 3. The van der Waals surface area contributed by atoms with Gasteiger partial charge in [0.1, 0.15) is 0 Å². The molecule has 5 heteroatoms. The Kier molecular flexibility index (Phi) is 4.55. The molecule has 1 amide bonds. The minimum absolute atomic E-state index is 0.104. The Hall–Kier alpha value is -1.46. The smallest absolute Gasteiger partial charge is 0.227 e. The summed E-state index contributed by atoms with van der Waals surface area (Å²) in [7, 11) is 0. The Morgan fingerprint density at radius 2 is 2.04 bits per heavy atom. The molecule has 1 aromatic heterocycles. The van der Waals surface area contributed by atoms with Gasteiger partial charge in [-0.1, -0.05) is 6.07 Å². The molecule has 3 saturated heterocycles. The van der Waals surface area contributed by atoms with Crippen LogP contribution in [0.1, 0.15) is 31.4 Å². The number of amides is 1. The van der Waals surface area contributed by atoms with Crippen molar-refractivity contribution in [3.63, 3.8) is 0 Å². The van der Waals surface area contributed by atoms with Crippen LogP contribution in [-0.4, -0.2) is 60.1 Å². The summed E-state index contributed by atoms with van der Waals surface area (Å²) in [5.41, 5.74) is 1.20. The van der Waals surface area contributed by atoms with Gasteiger partial charge in [0.05, 0.1) is 11.6 Å². The molecular formula is C19H27N3O2. The van der Waals surface area contributed by atoms with Crippen LogP contribution in [0.5, 0.6) is 0 Å². The summed E-state index contributed by atoms with van der Waals surface area (Å²) in [6.07, 6.45) is 6.19. The van der Waals surface area contributed by atoms with Gasteiger partial charge in [-0.05, 0) is 37.8 Å². The Morgan fingerprint density at radius 1 is 1.25 bits per heavy atom. The molecule has 3 aliphatic heterocycles. The largest absolute Gasteiger partial charge is 0.381 e. The summed E-state index contributed by atoms with van der Waals surface area (Å²) in [6, 6.07) is 6.06. The van der Waals surface area contributed by atoms with Crippen molar-refractivity contribution in [3.8, 4) is 0 Å². The Labute approximate surface area is 144 Å². The highest BCUT2D eigenvalue weighted by atomic mass is 16.5. The lowest BCUT2D eigenvalue weighted by molar-refractivity contribution is -0.139. The van der Waals surface area contributed by atoms with Gasteiger partial charge in [0.2, 0.25) is 5.91 Å². The fourth-order valence-electron chi connectivity index (χ4n) is 4.70. The fourth-order valence-corrected chi connectivity index (χ4v) is 4.70. The van der Waals surface area contributed by atoms with Crippen molar-refractivity contribution in [3.05, 3.63) is 30.1 Å². The van der Waals surface area contributed by atoms with E-state index in [9.17, 15) is 4.79 Å². The molecule has 130 valence electrons. The summed E-state index contributed by atoms with van der Waals surface area (Å²) >= 11 is 0. The first-order chi connectivity index (χ1) is 11.8. The molecule has 4 rings (SSSR count). The second-order valence-corrected chi connectivity index (χ2v) is 7.55. The van der Waals surface area contributed by atoms with E-state index >= 15 is 0 Å². The highest BCUT2D eigenvalue weighted by molar-refractivity contribution is 5.80. The first kappa shape index (κ1) is 16.0. The number of carbonyl (C=O) groups is 1. The molecule has 5 nitrogen and oxygen atoms in total. The lowest BCUT2D eigenvalue weighted by Gasteiger charge is -2.38. The van der Waals surface area contributed by atoms with Gasteiger partial charge in [-0.15, -0.1) is 0 Å². The quantitative estimate of drug-likeness (QED) is 0.850. The monoisotopic (exact) mass is 329 g/mol. The van der Waals surface area contributed by atoms with Crippen LogP contribution in [0, 0.1) is 11.3 Å². The van der Waals surface area contributed by atoms with Gasteiger partial charge in [0.25, 0.3) is 0 Å². The molecule has 1 atom stereocenters. The van der Waals surface area contributed by atoms with E-state index in [4.69, 9.17) is 4.74 Å². The standard InChI is InChI=1S/C19H27N3O2/c23-18(22-9-3-4-10-22)17-14-21(13-16-5-1-2-8-20-16)15-19(17)6-11-24-12-7-19/h1-2,5,8,17H,3-4,6-7,9-15H2/t17-/m1/s1. The van der Waals surface area contributed by atoms with E-state index in [0.29, 0.717) is 5.91 Å². The molecule has 0 radical (unpaired) electrons. The molecular weight excluding hydrogens is 302 g/mol. The maximum absolute atomic E-state index is 13.2. The van der Waals surface area contributed by atoms with Gasteiger partial charge >= 0.3 is 0 Å². The highest BCUT2D eigenvalue weighted by Gasteiger charge is 2.51. The molecule has 1 aromatic rings. The van der Waals surface area contributed by atoms with Gasteiger partial charge in [0.15, 0.2) is 0 Å². The van der Waals surface area contributed by atoms with Crippen LogP contribution in [0.15, 0.2) is 24.4 Å². The number of hydrogen-bond donors (Lipinski definition) is 0. The van der Waals surface area contributed by atoms with E-state index in [1.54, 1.807) is 0 Å². The Balaban J connectivity index is 1.52.